The number of para-hydroxylation sites is 1. The van der Waals surface area contributed by atoms with Crippen LogP contribution in [0.4, 0.5) is 5.69 Å². The Morgan fingerprint density at radius 2 is 1.76 bits per heavy atom. The van der Waals surface area contributed by atoms with Crippen LogP contribution in [-0.4, -0.2) is 52.6 Å². The van der Waals surface area contributed by atoms with Crippen LogP contribution >= 0.6 is 27.5 Å². The van der Waals surface area contributed by atoms with Crippen molar-refractivity contribution in [1.29, 1.82) is 0 Å². The van der Waals surface area contributed by atoms with Crippen molar-refractivity contribution >= 4 is 56.0 Å². The smallest absolute Gasteiger partial charge is 0.352 e. The number of nitrogens with zero attached hydrogens (tertiary/aromatic N) is 3. The molecule has 1 amide bonds. The van der Waals surface area contributed by atoms with Gasteiger partial charge in [0.15, 0.2) is 0 Å². The summed E-state index contributed by atoms with van der Waals surface area (Å²) in [6, 6.07) is 14.7. The van der Waals surface area contributed by atoms with Gasteiger partial charge in [-0.05, 0) is 52.3 Å². The number of piperazine rings is 1. The molecule has 1 saturated heterocycles. The van der Waals surface area contributed by atoms with E-state index >= 15 is 0 Å². The molecular weight excluding hydrogens is 458 g/mol. The lowest BCUT2D eigenvalue weighted by molar-refractivity contribution is -0.132. The second-order valence-corrected chi connectivity index (χ2v) is 8.23. The first-order chi connectivity index (χ1) is 13.9. The fourth-order valence-electron chi connectivity index (χ4n) is 3.73. The number of benzene rings is 2. The van der Waals surface area contributed by atoms with Crippen LogP contribution in [0.3, 0.4) is 0 Å². The summed E-state index contributed by atoms with van der Waals surface area (Å²) in [5.41, 5.74) is 1.88. The molecule has 0 aliphatic carbocycles. The second-order valence-electron chi connectivity index (χ2n) is 6.94. The SMILES string of the molecule is O=C(O)c1cc2cc(Cl)ccc2n1CC(=O)N1CCN(c2ccccc2Br)CC1. The van der Waals surface area contributed by atoms with Gasteiger partial charge >= 0.3 is 5.97 Å². The molecule has 2 heterocycles. The van der Waals surface area contributed by atoms with Crippen LogP contribution in [0.15, 0.2) is 53.0 Å². The highest BCUT2D eigenvalue weighted by Gasteiger charge is 2.24. The zero-order valence-electron chi connectivity index (χ0n) is 15.5. The number of aromatic carboxylic acids is 1. The van der Waals surface area contributed by atoms with E-state index in [1.54, 1.807) is 33.7 Å². The molecular formula is C21H19BrClN3O3. The Kier molecular flexibility index (Phi) is 5.52. The van der Waals surface area contributed by atoms with E-state index in [2.05, 4.69) is 26.9 Å². The number of carboxylic acids is 1. The van der Waals surface area contributed by atoms with Crippen molar-refractivity contribution in [1.82, 2.24) is 9.47 Å². The average molecular weight is 477 g/mol. The Morgan fingerprint density at radius 3 is 2.45 bits per heavy atom. The van der Waals surface area contributed by atoms with Crippen LogP contribution in [0.5, 0.6) is 0 Å². The fourth-order valence-corrected chi connectivity index (χ4v) is 4.45. The number of carbonyl (C=O) groups is 2. The number of fused-ring (bicyclic) bond motifs is 1. The maximum Gasteiger partial charge on any atom is 0.352 e. The van der Waals surface area contributed by atoms with Crippen molar-refractivity contribution in [2.45, 2.75) is 6.54 Å². The molecule has 0 atom stereocenters. The number of hydrogen-bond donors (Lipinski definition) is 1. The Hall–Kier alpha value is -2.51. The summed E-state index contributed by atoms with van der Waals surface area (Å²) in [6.45, 7) is 2.62. The maximum absolute atomic E-state index is 12.9. The Balaban J connectivity index is 1.50. The van der Waals surface area contributed by atoms with Crippen molar-refractivity contribution in [2.75, 3.05) is 31.1 Å². The molecule has 6 nitrogen and oxygen atoms in total. The van der Waals surface area contributed by atoms with Gasteiger partial charge in [-0.2, -0.15) is 0 Å². The van der Waals surface area contributed by atoms with Gasteiger partial charge in [-0.15, -0.1) is 0 Å². The van der Waals surface area contributed by atoms with Gasteiger partial charge in [0.25, 0.3) is 0 Å². The minimum atomic E-state index is -1.07. The van der Waals surface area contributed by atoms with Gasteiger partial charge in [0.1, 0.15) is 12.2 Å². The quantitative estimate of drug-likeness (QED) is 0.616. The third-order valence-corrected chi connectivity index (χ3v) is 6.11. The number of carbonyl (C=O) groups excluding carboxylic acids is 1. The third kappa shape index (κ3) is 3.97. The zero-order chi connectivity index (χ0) is 20.5. The van der Waals surface area contributed by atoms with Gasteiger partial charge in [-0.3, -0.25) is 4.79 Å². The molecule has 0 saturated carbocycles. The van der Waals surface area contributed by atoms with Crippen LogP contribution in [0.2, 0.25) is 5.02 Å². The lowest BCUT2D eigenvalue weighted by atomic mass is 10.2. The average Bonchev–Trinajstić information content (AvgIpc) is 3.06. The van der Waals surface area contributed by atoms with Crippen molar-refractivity contribution < 1.29 is 14.7 Å². The highest BCUT2D eigenvalue weighted by molar-refractivity contribution is 9.10. The van der Waals surface area contributed by atoms with Gasteiger partial charge in [-0.1, -0.05) is 23.7 Å². The topological polar surface area (TPSA) is 65.8 Å². The van der Waals surface area contributed by atoms with Crippen LogP contribution in [0.25, 0.3) is 10.9 Å². The summed E-state index contributed by atoms with van der Waals surface area (Å²) in [6.07, 6.45) is 0. The molecule has 0 bridgehead atoms. The molecule has 150 valence electrons. The molecule has 1 aromatic heterocycles. The number of aromatic nitrogens is 1. The number of hydrogen-bond acceptors (Lipinski definition) is 3. The lowest BCUT2D eigenvalue weighted by Crippen LogP contribution is -2.49. The van der Waals surface area contributed by atoms with E-state index in [9.17, 15) is 14.7 Å². The van der Waals surface area contributed by atoms with Crippen LogP contribution in [0, 0.1) is 0 Å². The maximum atomic E-state index is 12.9. The fraction of sp³-hybridized carbons (Fsp3) is 0.238. The molecule has 1 aliphatic heterocycles. The Labute approximate surface area is 181 Å². The van der Waals surface area contributed by atoms with Crippen molar-refractivity contribution in [3.05, 3.63) is 63.7 Å². The van der Waals surface area contributed by atoms with Crippen molar-refractivity contribution in [3.8, 4) is 0 Å². The minimum Gasteiger partial charge on any atom is -0.477 e. The summed E-state index contributed by atoms with van der Waals surface area (Å²) in [5, 5.41) is 10.8. The summed E-state index contributed by atoms with van der Waals surface area (Å²) in [4.78, 5) is 28.6. The van der Waals surface area contributed by atoms with E-state index < -0.39 is 5.97 Å². The van der Waals surface area contributed by atoms with Gasteiger partial charge in [0, 0.05) is 46.6 Å². The number of carboxylic acid groups (broad SMARTS) is 1. The summed E-state index contributed by atoms with van der Waals surface area (Å²) in [7, 11) is 0. The molecule has 0 radical (unpaired) electrons. The minimum absolute atomic E-state index is 0.0121. The van der Waals surface area contributed by atoms with Crippen molar-refractivity contribution in [2.24, 2.45) is 0 Å². The van der Waals surface area contributed by atoms with Crippen LogP contribution in [0.1, 0.15) is 10.5 Å². The molecule has 1 N–H and O–H groups in total. The standard InChI is InChI=1S/C21H19BrClN3O3/c22-16-3-1-2-4-18(16)24-7-9-25(10-8-24)20(27)13-26-17-6-5-15(23)11-14(17)12-19(26)21(28)29/h1-6,11-12H,7-10,13H2,(H,28,29). The summed E-state index contributed by atoms with van der Waals surface area (Å²) < 4.78 is 2.58. The highest BCUT2D eigenvalue weighted by atomic mass is 79.9. The number of anilines is 1. The van der Waals surface area contributed by atoms with Crippen LogP contribution < -0.4 is 4.90 Å². The van der Waals surface area contributed by atoms with Gasteiger partial charge in [-0.25, -0.2) is 4.79 Å². The molecule has 0 spiro atoms. The molecule has 3 aromatic rings. The molecule has 1 aliphatic rings. The number of rotatable bonds is 4. The van der Waals surface area contributed by atoms with E-state index in [-0.39, 0.29) is 18.1 Å². The van der Waals surface area contributed by atoms with Gasteiger partial charge < -0.3 is 19.5 Å². The highest BCUT2D eigenvalue weighted by Crippen LogP contribution is 2.27. The summed E-state index contributed by atoms with van der Waals surface area (Å²) in [5.74, 6) is -1.16. The summed E-state index contributed by atoms with van der Waals surface area (Å²) >= 11 is 9.60. The first-order valence-electron chi connectivity index (χ1n) is 9.23. The van der Waals surface area contributed by atoms with Gasteiger partial charge in [0.05, 0.1) is 5.69 Å². The van der Waals surface area contributed by atoms with E-state index in [0.29, 0.717) is 29.0 Å². The first kappa shape index (κ1) is 19.8. The van der Waals surface area contributed by atoms with E-state index in [0.717, 1.165) is 23.2 Å². The number of amides is 1. The van der Waals surface area contributed by atoms with E-state index in [1.807, 2.05) is 18.2 Å². The largest absolute Gasteiger partial charge is 0.477 e. The molecule has 2 aromatic carbocycles. The zero-order valence-corrected chi connectivity index (χ0v) is 17.9. The lowest BCUT2D eigenvalue weighted by Gasteiger charge is -2.36. The Morgan fingerprint density at radius 1 is 1.03 bits per heavy atom. The molecule has 8 heteroatoms. The molecule has 4 rings (SSSR count). The predicted molar refractivity (Wildman–Crippen MR) is 117 cm³/mol. The van der Waals surface area contributed by atoms with Crippen LogP contribution in [-0.2, 0) is 11.3 Å². The molecule has 29 heavy (non-hydrogen) atoms. The normalized spacial score (nSPS) is 14.4. The van der Waals surface area contributed by atoms with Gasteiger partial charge in [0.2, 0.25) is 5.91 Å². The third-order valence-electron chi connectivity index (χ3n) is 5.20. The van der Waals surface area contributed by atoms with Crippen molar-refractivity contribution in [3.63, 3.8) is 0 Å². The van der Waals surface area contributed by atoms with E-state index in [1.165, 1.54) is 0 Å². The Bertz CT molecular complexity index is 1090. The molecule has 1 fully saturated rings. The second kappa shape index (κ2) is 8.08. The molecule has 0 unspecified atom stereocenters. The van der Waals surface area contributed by atoms with E-state index in [4.69, 9.17) is 11.6 Å². The number of halogens is 2. The monoisotopic (exact) mass is 475 g/mol. The predicted octanol–water partition coefficient (Wildman–Crippen LogP) is 4.10. The first-order valence-corrected chi connectivity index (χ1v) is 10.4.